The van der Waals surface area contributed by atoms with Crippen LogP contribution in [0, 0.1) is 13.8 Å². The van der Waals surface area contributed by atoms with Crippen LogP contribution in [0.2, 0.25) is 0 Å². The van der Waals surface area contributed by atoms with Gasteiger partial charge in [0.1, 0.15) is 23.6 Å². The number of carbonyl (C=O) groups excluding carboxylic acids is 3. The van der Waals surface area contributed by atoms with Gasteiger partial charge in [0, 0.05) is 44.1 Å². The van der Waals surface area contributed by atoms with Crippen LogP contribution in [0.3, 0.4) is 0 Å². The molecule has 0 spiro atoms. The lowest BCUT2D eigenvalue weighted by Gasteiger charge is -2.47. The van der Waals surface area contributed by atoms with Crippen molar-refractivity contribution < 1.29 is 54.2 Å². The molecule has 2 aliphatic heterocycles. The predicted octanol–water partition coefficient (Wildman–Crippen LogP) is 0.318. The van der Waals surface area contributed by atoms with Crippen molar-refractivity contribution in [2.75, 3.05) is 26.2 Å². The number of hydrogen-bond donors (Lipinski definition) is 8. The third-order valence-electron chi connectivity index (χ3n) is 8.59. The lowest BCUT2D eigenvalue weighted by Crippen LogP contribution is -2.68. The summed E-state index contributed by atoms with van der Waals surface area (Å²) >= 11 is 0. The Labute approximate surface area is 274 Å². The summed E-state index contributed by atoms with van der Waals surface area (Å²) in [4.78, 5) is 51.5. The average Bonchev–Trinajstić information content (AvgIpc) is 3.35. The number of aliphatic hydroxyl groups is 3. The standard InChI is InChI=1S/C32H50N4O11/c1-17-12-20(13-18(2)24(17)40)27(42)33-15-22(39)25(41)26-23(35-19(3)37)21(38)14-32(46-26,28(43)44)8-10-34-31(7)9-11-36(16-31)29(45)47-30(4,5)6/h12-13,21-23,25-26,34,38-41H,8-11,14-16H2,1-7H3,(H,33,42)(H,35,37)(H,43,44)/t21-,22+,23+,25+,26+,31?,32+/m0/s1. The van der Waals surface area contributed by atoms with Crippen LogP contribution in [0.1, 0.15) is 75.4 Å². The van der Waals surface area contributed by atoms with Crippen LogP contribution in [-0.2, 0) is 19.1 Å². The topological polar surface area (TPSA) is 227 Å². The van der Waals surface area contributed by atoms with E-state index in [2.05, 4.69) is 16.0 Å². The van der Waals surface area contributed by atoms with Gasteiger partial charge in [0.15, 0.2) is 5.60 Å². The Kier molecular flexibility index (Phi) is 11.9. The van der Waals surface area contributed by atoms with Crippen molar-refractivity contribution in [2.45, 2.75) is 115 Å². The number of carbonyl (C=O) groups is 4. The van der Waals surface area contributed by atoms with Crippen LogP contribution < -0.4 is 16.0 Å². The molecule has 15 heteroatoms. The highest BCUT2D eigenvalue weighted by Gasteiger charge is 2.54. The average molecular weight is 667 g/mol. The predicted molar refractivity (Wildman–Crippen MR) is 169 cm³/mol. The van der Waals surface area contributed by atoms with E-state index >= 15 is 0 Å². The first-order valence-electron chi connectivity index (χ1n) is 15.7. The second-order valence-corrected chi connectivity index (χ2v) is 14.0. The van der Waals surface area contributed by atoms with E-state index in [9.17, 15) is 44.7 Å². The summed E-state index contributed by atoms with van der Waals surface area (Å²) in [5.74, 6) is -2.54. The molecule has 1 aromatic carbocycles. The molecule has 0 aromatic heterocycles. The van der Waals surface area contributed by atoms with Crippen molar-refractivity contribution in [3.63, 3.8) is 0 Å². The van der Waals surface area contributed by atoms with Crippen LogP contribution in [-0.4, -0.2) is 128 Å². The molecule has 2 heterocycles. The number of rotatable bonds is 11. The molecule has 0 radical (unpaired) electrons. The molecule has 264 valence electrons. The maximum Gasteiger partial charge on any atom is 0.410 e. The van der Waals surface area contributed by atoms with Gasteiger partial charge in [-0.15, -0.1) is 0 Å². The van der Waals surface area contributed by atoms with Crippen LogP contribution in [0.4, 0.5) is 4.79 Å². The van der Waals surface area contributed by atoms with Crippen LogP contribution in [0.15, 0.2) is 12.1 Å². The van der Waals surface area contributed by atoms with Gasteiger partial charge in [-0.2, -0.15) is 0 Å². The molecular weight excluding hydrogens is 616 g/mol. The highest BCUT2D eigenvalue weighted by molar-refractivity contribution is 5.94. The Morgan fingerprint density at radius 1 is 1.15 bits per heavy atom. The zero-order valence-electron chi connectivity index (χ0n) is 28.1. The summed E-state index contributed by atoms with van der Waals surface area (Å²) in [6.45, 7) is 12.0. The number of phenols is 1. The number of amides is 3. The Morgan fingerprint density at radius 2 is 1.77 bits per heavy atom. The second kappa shape index (κ2) is 14.7. The zero-order chi connectivity index (χ0) is 35.5. The van der Waals surface area contributed by atoms with Gasteiger partial charge >= 0.3 is 12.1 Å². The summed E-state index contributed by atoms with van der Waals surface area (Å²) in [7, 11) is 0. The van der Waals surface area contributed by atoms with Gasteiger partial charge in [0.25, 0.3) is 5.91 Å². The molecule has 1 unspecified atom stereocenters. The summed E-state index contributed by atoms with van der Waals surface area (Å²) in [5.41, 5.74) is -2.08. The fourth-order valence-electron chi connectivity index (χ4n) is 6.05. The maximum atomic E-state index is 12.8. The lowest BCUT2D eigenvalue weighted by atomic mass is 9.81. The van der Waals surface area contributed by atoms with Gasteiger partial charge in [0.05, 0.1) is 18.2 Å². The first-order valence-corrected chi connectivity index (χ1v) is 15.7. The molecule has 7 atom stereocenters. The minimum Gasteiger partial charge on any atom is -0.507 e. The number of phenolic OH excluding ortho intramolecular Hbond substituents is 1. The Bertz CT molecular complexity index is 1310. The number of likely N-dealkylation sites (tertiary alicyclic amines) is 1. The van der Waals surface area contributed by atoms with E-state index in [4.69, 9.17) is 9.47 Å². The van der Waals surface area contributed by atoms with Gasteiger partial charge in [-0.1, -0.05) is 0 Å². The molecule has 15 nitrogen and oxygen atoms in total. The van der Waals surface area contributed by atoms with Crippen LogP contribution >= 0.6 is 0 Å². The van der Waals surface area contributed by atoms with E-state index in [1.54, 1.807) is 39.5 Å². The molecular formula is C32H50N4O11. The monoisotopic (exact) mass is 666 g/mol. The van der Waals surface area contributed by atoms with E-state index in [1.165, 1.54) is 19.1 Å². The highest BCUT2D eigenvalue weighted by Crippen LogP contribution is 2.35. The second-order valence-electron chi connectivity index (χ2n) is 14.0. The van der Waals surface area contributed by atoms with E-state index in [0.29, 0.717) is 30.6 Å². The van der Waals surface area contributed by atoms with Crippen molar-refractivity contribution >= 4 is 23.9 Å². The summed E-state index contributed by atoms with van der Waals surface area (Å²) in [6.07, 6.45) is -7.05. The third-order valence-corrected chi connectivity index (χ3v) is 8.59. The number of aryl methyl sites for hydroxylation is 2. The number of aliphatic hydroxyl groups excluding tert-OH is 3. The van der Waals surface area contributed by atoms with Gasteiger partial charge in [0.2, 0.25) is 5.91 Å². The number of carboxylic acids is 1. The summed E-state index contributed by atoms with van der Waals surface area (Å²) in [6, 6.07) is 1.65. The number of nitrogens with one attached hydrogen (secondary N) is 3. The Morgan fingerprint density at radius 3 is 2.32 bits per heavy atom. The molecule has 8 N–H and O–H groups in total. The molecule has 2 saturated heterocycles. The minimum atomic E-state index is -2.02. The summed E-state index contributed by atoms with van der Waals surface area (Å²) < 4.78 is 11.5. The smallest absolute Gasteiger partial charge is 0.410 e. The fourth-order valence-corrected chi connectivity index (χ4v) is 6.05. The van der Waals surface area contributed by atoms with Crippen molar-refractivity contribution in [3.05, 3.63) is 28.8 Å². The first kappa shape index (κ1) is 38.0. The quantitative estimate of drug-likeness (QED) is 0.160. The van der Waals surface area contributed by atoms with Crippen molar-refractivity contribution in [3.8, 4) is 5.75 Å². The molecule has 0 bridgehead atoms. The number of hydrogen-bond acceptors (Lipinski definition) is 11. The highest BCUT2D eigenvalue weighted by atomic mass is 16.6. The van der Waals surface area contributed by atoms with Crippen molar-refractivity contribution in [2.24, 2.45) is 0 Å². The minimum absolute atomic E-state index is 0.0475. The number of benzene rings is 1. The number of aromatic hydroxyl groups is 1. The fraction of sp³-hybridized carbons (Fsp3) is 0.688. The Balaban J connectivity index is 1.72. The molecule has 3 rings (SSSR count). The number of ether oxygens (including phenoxy) is 2. The van der Waals surface area contributed by atoms with Crippen molar-refractivity contribution in [1.29, 1.82) is 0 Å². The SMILES string of the molecule is CC(=O)N[C@H]1[C@H]([C@H](O)[C@H](O)CNC(=O)c2cc(C)c(O)c(C)c2)O[C@@](CCNC2(C)CCN(C(=O)OC(C)(C)C)C2)(C(=O)O)C[C@@H]1O. The molecule has 3 amide bonds. The molecule has 2 fully saturated rings. The van der Waals surface area contributed by atoms with Crippen LogP contribution in [0.25, 0.3) is 0 Å². The maximum absolute atomic E-state index is 12.8. The number of aliphatic carboxylic acids is 1. The Hall–Kier alpha value is -3.50. The molecule has 1 aromatic rings. The largest absolute Gasteiger partial charge is 0.507 e. The molecule has 47 heavy (non-hydrogen) atoms. The van der Waals surface area contributed by atoms with Gasteiger partial charge in [-0.3, -0.25) is 9.59 Å². The van der Waals surface area contributed by atoms with Gasteiger partial charge in [-0.25, -0.2) is 9.59 Å². The van der Waals surface area contributed by atoms with Gasteiger partial charge in [-0.05, 0) is 84.2 Å². The van der Waals surface area contributed by atoms with Crippen molar-refractivity contribution in [1.82, 2.24) is 20.9 Å². The van der Waals surface area contributed by atoms with E-state index in [1.807, 2.05) is 6.92 Å². The zero-order valence-corrected chi connectivity index (χ0v) is 28.1. The normalized spacial score (nSPS) is 27.5. The molecule has 0 aliphatic carbocycles. The van der Waals surface area contributed by atoms with E-state index < -0.39 is 84.0 Å². The van der Waals surface area contributed by atoms with Gasteiger partial charge < -0.3 is 55.9 Å². The van der Waals surface area contributed by atoms with E-state index in [-0.39, 0.29) is 24.3 Å². The number of nitrogens with zero attached hydrogens (tertiary/aromatic N) is 1. The van der Waals surface area contributed by atoms with Crippen LogP contribution in [0.5, 0.6) is 5.75 Å². The van der Waals surface area contributed by atoms with E-state index in [0.717, 1.165) is 0 Å². The number of carboxylic acid groups (broad SMARTS) is 1. The lowest BCUT2D eigenvalue weighted by molar-refractivity contribution is -0.229. The summed E-state index contributed by atoms with van der Waals surface area (Å²) in [5, 5.41) is 61.7. The third kappa shape index (κ3) is 9.54. The molecule has 0 saturated carbocycles. The molecule has 2 aliphatic rings. The first-order chi connectivity index (χ1) is 21.7.